The highest BCUT2D eigenvalue weighted by Crippen LogP contribution is 2.23. The summed E-state index contributed by atoms with van der Waals surface area (Å²) in [7, 11) is 1.87. The molecule has 1 aromatic heterocycles. The summed E-state index contributed by atoms with van der Waals surface area (Å²) in [6.07, 6.45) is 3.50. The van der Waals surface area contributed by atoms with E-state index < -0.39 is 17.8 Å². The second-order valence-electron chi connectivity index (χ2n) is 7.68. The smallest absolute Gasteiger partial charge is 0.258 e. The lowest BCUT2D eigenvalue weighted by atomic mass is 10.0. The molecule has 0 bridgehead atoms. The Balaban J connectivity index is 1.60. The fourth-order valence-corrected chi connectivity index (χ4v) is 3.55. The first kappa shape index (κ1) is 22.0. The number of hydrogen-bond acceptors (Lipinski definition) is 3. The number of nitrogens with one attached hydrogen (secondary N) is 2. The van der Waals surface area contributed by atoms with Crippen molar-refractivity contribution < 1.29 is 14.0 Å². The van der Waals surface area contributed by atoms with E-state index in [1.165, 1.54) is 18.2 Å². The summed E-state index contributed by atoms with van der Waals surface area (Å²) in [6, 6.07) is 19.9. The number of carbonyl (C=O) groups excluding carboxylic acids is 2. The Morgan fingerprint density at radius 2 is 1.70 bits per heavy atom. The molecule has 0 aliphatic rings. The van der Waals surface area contributed by atoms with Gasteiger partial charge in [0, 0.05) is 30.7 Å². The number of hydrogen-bond donors (Lipinski definition) is 2. The van der Waals surface area contributed by atoms with Crippen molar-refractivity contribution in [3.05, 3.63) is 119 Å². The maximum absolute atomic E-state index is 14.0. The van der Waals surface area contributed by atoms with Crippen molar-refractivity contribution in [2.75, 3.05) is 5.32 Å². The van der Waals surface area contributed by atoms with E-state index in [9.17, 15) is 14.0 Å². The molecule has 2 N–H and O–H groups in total. The first-order chi connectivity index (χ1) is 15.9. The van der Waals surface area contributed by atoms with Crippen molar-refractivity contribution in [2.24, 2.45) is 7.05 Å². The lowest BCUT2D eigenvalue weighted by Gasteiger charge is -2.20. The Morgan fingerprint density at radius 1 is 0.970 bits per heavy atom. The van der Waals surface area contributed by atoms with Gasteiger partial charge in [-0.2, -0.15) is 0 Å². The normalized spacial score (nSPS) is 11.6. The van der Waals surface area contributed by atoms with Crippen molar-refractivity contribution in [3.8, 4) is 0 Å². The fourth-order valence-electron chi connectivity index (χ4n) is 3.55. The maximum Gasteiger partial charge on any atom is 0.258 e. The van der Waals surface area contributed by atoms with E-state index in [2.05, 4.69) is 15.6 Å². The molecule has 0 aliphatic carbocycles. The monoisotopic (exact) mass is 442 g/mol. The van der Waals surface area contributed by atoms with Gasteiger partial charge < -0.3 is 15.2 Å². The van der Waals surface area contributed by atoms with Gasteiger partial charge in [-0.15, -0.1) is 0 Å². The highest BCUT2D eigenvalue weighted by atomic mass is 19.1. The predicted molar refractivity (Wildman–Crippen MR) is 124 cm³/mol. The van der Waals surface area contributed by atoms with Gasteiger partial charge in [0.2, 0.25) is 0 Å². The molecular weight excluding hydrogens is 419 g/mol. The molecule has 1 unspecified atom stereocenters. The molecule has 1 heterocycles. The van der Waals surface area contributed by atoms with E-state index in [0.717, 1.165) is 11.1 Å². The number of amides is 2. The highest BCUT2D eigenvalue weighted by molar-refractivity contribution is 6.05. The van der Waals surface area contributed by atoms with Crippen LogP contribution in [0.25, 0.3) is 0 Å². The summed E-state index contributed by atoms with van der Waals surface area (Å²) in [5.41, 5.74) is 2.37. The average molecular weight is 442 g/mol. The second-order valence-corrected chi connectivity index (χ2v) is 7.68. The quantitative estimate of drug-likeness (QED) is 0.457. The number of aryl methyl sites for hydroxylation is 2. The number of halogens is 1. The van der Waals surface area contributed by atoms with E-state index in [-0.39, 0.29) is 11.5 Å². The Labute approximate surface area is 191 Å². The van der Waals surface area contributed by atoms with Gasteiger partial charge in [-0.3, -0.25) is 9.59 Å². The minimum Gasteiger partial charge on any atom is -0.338 e. The van der Waals surface area contributed by atoms with Crippen molar-refractivity contribution in [1.82, 2.24) is 14.9 Å². The van der Waals surface area contributed by atoms with Crippen LogP contribution < -0.4 is 10.6 Å². The van der Waals surface area contributed by atoms with Crippen molar-refractivity contribution in [3.63, 3.8) is 0 Å². The lowest BCUT2D eigenvalue weighted by Crippen LogP contribution is -2.31. The number of anilines is 1. The van der Waals surface area contributed by atoms with E-state index in [4.69, 9.17) is 0 Å². The molecule has 7 heteroatoms. The molecule has 166 valence electrons. The number of imidazole rings is 1. The van der Waals surface area contributed by atoms with Crippen LogP contribution in [-0.4, -0.2) is 21.4 Å². The van der Waals surface area contributed by atoms with Crippen LogP contribution in [0.2, 0.25) is 0 Å². The summed E-state index contributed by atoms with van der Waals surface area (Å²) < 4.78 is 15.8. The van der Waals surface area contributed by atoms with Crippen molar-refractivity contribution in [1.29, 1.82) is 0 Å². The minimum atomic E-state index is -0.609. The summed E-state index contributed by atoms with van der Waals surface area (Å²) >= 11 is 0. The molecule has 4 aromatic rings. The third-order valence-electron chi connectivity index (χ3n) is 5.39. The molecule has 0 aliphatic heterocycles. The van der Waals surface area contributed by atoms with Crippen LogP contribution in [0, 0.1) is 12.7 Å². The summed E-state index contributed by atoms with van der Waals surface area (Å²) in [5.74, 6) is -0.825. The molecule has 1 atom stereocenters. The third-order valence-corrected chi connectivity index (χ3v) is 5.39. The number of carbonyl (C=O) groups is 2. The van der Waals surface area contributed by atoms with Gasteiger partial charge in [-0.05, 0) is 42.3 Å². The van der Waals surface area contributed by atoms with Crippen LogP contribution in [0.5, 0.6) is 0 Å². The van der Waals surface area contributed by atoms with Crippen LogP contribution >= 0.6 is 0 Å². The molecule has 2 amide bonds. The highest BCUT2D eigenvalue weighted by Gasteiger charge is 2.22. The molecule has 33 heavy (non-hydrogen) atoms. The second kappa shape index (κ2) is 9.48. The maximum atomic E-state index is 14.0. The van der Waals surface area contributed by atoms with Gasteiger partial charge in [-0.25, -0.2) is 9.37 Å². The number of aromatic nitrogens is 2. The van der Waals surface area contributed by atoms with Gasteiger partial charge in [0.1, 0.15) is 17.7 Å². The molecule has 0 saturated carbocycles. The number of nitrogens with zero attached hydrogens (tertiary/aromatic N) is 2. The van der Waals surface area contributed by atoms with Crippen LogP contribution in [0.4, 0.5) is 10.1 Å². The molecule has 0 spiro atoms. The van der Waals surface area contributed by atoms with Gasteiger partial charge in [-0.1, -0.05) is 48.5 Å². The molecule has 0 radical (unpaired) electrons. The van der Waals surface area contributed by atoms with E-state index >= 15 is 0 Å². The number of rotatable bonds is 6. The van der Waals surface area contributed by atoms with Crippen LogP contribution in [0.15, 0.2) is 85.2 Å². The van der Waals surface area contributed by atoms with Crippen LogP contribution in [-0.2, 0) is 7.05 Å². The van der Waals surface area contributed by atoms with Gasteiger partial charge in [0.15, 0.2) is 0 Å². The third kappa shape index (κ3) is 4.82. The predicted octanol–water partition coefficient (Wildman–Crippen LogP) is 4.64. The zero-order valence-electron chi connectivity index (χ0n) is 18.2. The van der Waals surface area contributed by atoms with E-state index in [1.807, 2.05) is 48.1 Å². The van der Waals surface area contributed by atoms with Gasteiger partial charge in [0.05, 0.1) is 5.56 Å². The Hall–Kier alpha value is -4.26. The summed E-state index contributed by atoms with van der Waals surface area (Å²) in [5, 5.41) is 5.75. The van der Waals surface area contributed by atoms with Crippen molar-refractivity contribution in [2.45, 2.75) is 13.0 Å². The fraction of sp³-hybridized carbons (Fsp3) is 0.115. The van der Waals surface area contributed by atoms with E-state index in [0.29, 0.717) is 17.1 Å². The first-order valence-corrected chi connectivity index (χ1v) is 10.4. The van der Waals surface area contributed by atoms with E-state index in [1.54, 1.807) is 37.4 Å². The Kier molecular flexibility index (Phi) is 6.31. The SMILES string of the molecule is Cc1ccc(C(=O)NC(c2ccccc2)c2nccn2C)cc1NC(=O)c1ccccc1F. The largest absolute Gasteiger partial charge is 0.338 e. The summed E-state index contributed by atoms with van der Waals surface area (Å²) in [6.45, 7) is 1.80. The zero-order chi connectivity index (χ0) is 23.4. The topological polar surface area (TPSA) is 76.0 Å². The lowest BCUT2D eigenvalue weighted by molar-refractivity contribution is 0.0939. The Morgan fingerprint density at radius 3 is 2.39 bits per heavy atom. The average Bonchev–Trinajstić information content (AvgIpc) is 3.25. The summed E-state index contributed by atoms with van der Waals surface area (Å²) in [4.78, 5) is 30.2. The molecule has 4 rings (SSSR count). The number of benzene rings is 3. The van der Waals surface area contributed by atoms with Crippen LogP contribution in [0.1, 0.15) is 43.7 Å². The molecule has 0 fully saturated rings. The van der Waals surface area contributed by atoms with Gasteiger partial charge in [0.25, 0.3) is 11.8 Å². The minimum absolute atomic E-state index is 0.0642. The Bertz CT molecular complexity index is 1300. The molecule has 6 nitrogen and oxygen atoms in total. The first-order valence-electron chi connectivity index (χ1n) is 10.4. The molecular formula is C26H23FN4O2. The molecule has 0 saturated heterocycles. The van der Waals surface area contributed by atoms with Gasteiger partial charge >= 0.3 is 0 Å². The molecule has 3 aromatic carbocycles. The van der Waals surface area contributed by atoms with Crippen LogP contribution in [0.3, 0.4) is 0 Å². The standard InChI is InChI=1S/C26H23FN4O2/c1-17-12-13-19(16-22(17)29-26(33)20-10-6-7-11-21(20)27)25(32)30-23(18-8-4-3-5-9-18)24-28-14-15-31(24)2/h3-16,23H,1-2H3,(H,29,33)(H,30,32). The van der Waals surface area contributed by atoms with Crippen molar-refractivity contribution >= 4 is 17.5 Å². The zero-order valence-corrected chi connectivity index (χ0v) is 18.2.